The second-order valence-corrected chi connectivity index (χ2v) is 10.8. The molecule has 1 aromatic carbocycles. The molecule has 0 spiro atoms. The van der Waals surface area contributed by atoms with E-state index in [1.54, 1.807) is 23.6 Å². The lowest BCUT2D eigenvalue weighted by Crippen LogP contribution is -2.35. The lowest BCUT2D eigenvalue weighted by atomic mass is 9.92. The highest BCUT2D eigenvalue weighted by Crippen LogP contribution is 2.35. The molecular weight excluding hydrogens is 368 g/mol. The molecule has 0 bridgehead atoms. The first-order valence-electron chi connectivity index (χ1n) is 8.66. The van der Waals surface area contributed by atoms with Gasteiger partial charge in [0.15, 0.2) is 0 Å². The number of sulfonamides is 1. The summed E-state index contributed by atoms with van der Waals surface area (Å²) in [4.78, 5) is 12.2. The molecule has 1 aliphatic rings. The molecule has 1 N–H and O–H groups in total. The number of rotatable bonds is 4. The molecule has 7 heteroatoms. The quantitative estimate of drug-likeness (QED) is 0.845. The lowest BCUT2D eigenvalue weighted by Gasteiger charge is -2.30. The molecule has 0 atom stereocenters. The van der Waals surface area contributed by atoms with Crippen molar-refractivity contribution in [1.82, 2.24) is 0 Å². The van der Waals surface area contributed by atoms with Crippen LogP contribution in [0.25, 0.3) is 0 Å². The van der Waals surface area contributed by atoms with Gasteiger partial charge in [0.25, 0.3) is 10.0 Å². The smallest absolute Gasteiger partial charge is 0.273 e. The van der Waals surface area contributed by atoms with E-state index in [-0.39, 0.29) is 11.3 Å². The Hall–Kier alpha value is -1.86. The fraction of sp³-hybridized carbons (Fsp3) is 0.421. The number of anilines is 2. The Balaban J connectivity index is 1.90. The number of nitrogens with one attached hydrogen (secondary N) is 1. The van der Waals surface area contributed by atoms with Crippen LogP contribution in [-0.2, 0) is 21.2 Å². The molecule has 3 rings (SSSR count). The van der Waals surface area contributed by atoms with Crippen LogP contribution in [0.5, 0.6) is 0 Å². The summed E-state index contributed by atoms with van der Waals surface area (Å²) in [6.07, 6.45) is 2.02. The molecule has 1 aromatic heterocycles. The first-order chi connectivity index (χ1) is 12.2. The number of nitrogens with zero attached hydrogens (tertiary/aromatic N) is 1. The third kappa shape index (κ3) is 4.10. The molecule has 26 heavy (non-hydrogen) atoms. The van der Waals surface area contributed by atoms with Gasteiger partial charge in [-0.1, -0.05) is 32.9 Å². The fourth-order valence-electron chi connectivity index (χ4n) is 3.07. The summed E-state index contributed by atoms with van der Waals surface area (Å²) in [5.74, 6) is -0.0686. The van der Waals surface area contributed by atoms with Crippen LogP contribution in [0.3, 0.4) is 0 Å². The van der Waals surface area contributed by atoms with Gasteiger partial charge in [-0.15, -0.1) is 11.3 Å². The Morgan fingerprint density at radius 1 is 1.27 bits per heavy atom. The summed E-state index contributed by atoms with van der Waals surface area (Å²) in [5.41, 5.74) is 2.18. The van der Waals surface area contributed by atoms with Crippen LogP contribution in [0.1, 0.15) is 39.2 Å². The minimum Gasteiger partial charge on any atom is -0.326 e. The van der Waals surface area contributed by atoms with Crippen molar-refractivity contribution in [3.63, 3.8) is 0 Å². The van der Waals surface area contributed by atoms with Crippen molar-refractivity contribution in [2.75, 3.05) is 16.2 Å². The molecule has 0 fully saturated rings. The summed E-state index contributed by atoms with van der Waals surface area (Å²) in [6, 6.07) is 8.91. The molecule has 0 radical (unpaired) electrons. The van der Waals surface area contributed by atoms with E-state index < -0.39 is 10.0 Å². The number of hydrogen-bond acceptors (Lipinski definition) is 4. The number of benzene rings is 1. The first kappa shape index (κ1) is 18.9. The van der Waals surface area contributed by atoms with Crippen molar-refractivity contribution in [3.05, 3.63) is 41.3 Å². The van der Waals surface area contributed by atoms with E-state index in [1.165, 1.54) is 15.6 Å². The Kier molecular flexibility index (Phi) is 5.12. The fourth-order valence-corrected chi connectivity index (χ4v) is 5.71. The van der Waals surface area contributed by atoms with Crippen LogP contribution in [0.2, 0.25) is 0 Å². The average molecular weight is 393 g/mol. The highest BCUT2D eigenvalue weighted by molar-refractivity contribution is 7.94. The predicted octanol–water partition coefficient (Wildman–Crippen LogP) is 4.26. The lowest BCUT2D eigenvalue weighted by molar-refractivity contribution is -0.117. The molecule has 0 aliphatic carbocycles. The van der Waals surface area contributed by atoms with Gasteiger partial charge in [-0.3, -0.25) is 9.10 Å². The zero-order chi connectivity index (χ0) is 18.9. The number of carbonyl (C=O) groups excluding carboxylic acids is 1. The average Bonchev–Trinajstić information content (AvgIpc) is 3.07. The Bertz CT molecular complexity index is 897. The molecule has 0 saturated carbocycles. The van der Waals surface area contributed by atoms with Gasteiger partial charge in [0.05, 0.1) is 5.69 Å². The highest BCUT2D eigenvalue weighted by Gasteiger charge is 2.30. The maximum Gasteiger partial charge on any atom is 0.273 e. The molecular formula is C19H24N2O3S2. The SMILES string of the molecule is CC(C)(C)CC(=O)Nc1ccc2c(c1)N(S(=O)(=O)c1cccs1)CCC2. The predicted molar refractivity (Wildman–Crippen MR) is 106 cm³/mol. The van der Waals surface area contributed by atoms with Crippen molar-refractivity contribution in [1.29, 1.82) is 0 Å². The molecule has 1 amide bonds. The third-order valence-electron chi connectivity index (χ3n) is 4.18. The van der Waals surface area contributed by atoms with Crippen LogP contribution in [0.4, 0.5) is 11.4 Å². The van der Waals surface area contributed by atoms with E-state index >= 15 is 0 Å². The van der Waals surface area contributed by atoms with E-state index in [4.69, 9.17) is 0 Å². The van der Waals surface area contributed by atoms with Crippen molar-refractivity contribution < 1.29 is 13.2 Å². The van der Waals surface area contributed by atoms with Crippen molar-refractivity contribution in [3.8, 4) is 0 Å². The van der Waals surface area contributed by atoms with Crippen LogP contribution in [0.15, 0.2) is 39.9 Å². The number of carbonyl (C=O) groups is 1. The van der Waals surface area contributed by atoms with Crippen LogP contribution in [0, 0.1) is 5.41 Å². The molecule has 0 unspecified atom stereocenters. The topological polar surface area (TPSA) is 66.5 Å². The van der Waals surface area contributed by atoms with Gasteiger partial charge < -0.3 is 5.32 Å². The standard InChI is InChI=1S/C19H24N2O3S2/c1-19(2,3)13-17(22)20-15-9-8-14-6-4-10-21(16(14)12-15)26(23,24)18-7-5-11-25-18/h5,7-9,11-12H,4,6,10,13H2,1-3H3,(H,20,22). The van der Waals surface area contributed by atoms with Gasteiger partial charge in [-0.2, -0.15) is 0 Å². The molecule has 0 saturated heterocycles. The number of thiophene rings is 1. The van der Waals surface area contributed by atoms with E-state index in [0.29, 0.717) is 28.5 Å². The number of aryl methyl sites for hydroxylation is 1. The maximum atomic E-state index is 13.0. The van der Waals surface area contributed by atoms with Gasteiger partial charge in [0.2, 0.25) is 5.91 Å². The second-order valence-electron chi connectivity index (χ2n) is 7.74. The highest BCUT2D eigenvalue weighted by atomic mass is 32.2. The maximum absolute atomic E-state index is 13.0. The zero-order valence-electron chi connectivity index (χ0n) is 15.3. The Morgan fingerprint density at radius 3 is 2.69 bits per heavy atom. The van der Waals surface area contributed by atoms with Crippen LogP contribution < -0.4 is 9.62 Å². The van der Waals surface area contributed by atoms with E-state index in [0.717, 1.165) is 18.4 Å². The minimum atomic E-state index is -3.57. The van der Waals surface area contributed by atoms with Gasteiger partial charge >= 0.3 is 0 Å². The second kappa shape index (κ2) is 7.04. The van der Waals surface area contributed by atoms with Crippen molar-refractivity contribution >= 4 is 38.6 Å². The minimum absolute atomic E-state index is 0.0686. The van der Waals surface area contributed by atoms with E-state index in [2.05, 4.69) is 5.32 Å². The molecule has 140 valence electrons. The summed E-state index contributed by atoms with van der Waals surface area (Å²) in [7, 11) is -3.57. The van der Waals surface area contributed by atoms with E-state index in [1.807, 2.05) is 32.9 Å². The normalized spacial score (nSPS) is 14.8. The molecule has 1 aliphatic heterocycles. The van der Waals surface area contributed by atoms with E-state index in [9.17, 15) is 13.2 Å². The summed E-state index contributed by atoms with van der Waals surface area (Å²) >= 11 is 1.22. The van der Waals surface area contributed by atoms with Crippen LogP contribution >= 0.6 is 11.3 Å². The van der Waals surface area contributed by atoms with Crippen molar-refractivity contribution in [2.45, 2.75) is 44.2 Å². The number of amides is 1. The monoisotopic (exact) mass is 392 g/mol. The Morgan fingerprint density at radius 2 is 2.04 bits per heavy atom. The largest absolute Gasteiger partial charge is 0.326 e. The molecule has 2 aromatic rings. The summed E-state index contributed by atoms with van der Waals surface area (Å²) in [5, 5.41) is 4.66. The molecule has 5 nitrogen and oxygen atoms in total. The van der Waals surface area contributed by atoms with Gasteiger partial charge in [-0.25, -0.2) is 8.42 Å². The first-order valence-corrected chi connectivity index (χ1v) is 11.0. The third-order valence-corrected chi connectivity index (χ3v) is 7.36. The van der Waals surface area contributed by atoms with Crippen LogP contribution in [-0.4, -0.2) is 20.9 Å². The van der Waals surface area contributed by atoms with Gasteiger partial charge in [-0.05, 0) is 47.4 Å². The zero-order valence-corrected chi connectivity index (χ0v) is 16.9. The summed E-state index contributed by atoms with van der Waals surface area (Å²) < 4.78 is 27.8. The Labute approximate surface area is 159 Å². The molecule has 2 heterocycles. The van der Waals surface area contributed by atoms with Crippen molar-refractivity contribution in [2.24, 2.45) is 5.41 Å². The van der Waals surface area contributed by atoms with Gasteiger partial charge in [0, 0.05) is 18.7 Å². The number of hydrogen-bond donors (Lipinski definition) is 1. The van der Waals surface area contributed by atoms with Gasteiger partial charge in [0.1, 0.15) is 4.21 Å². The number of fused-ring (bicyclic) bond motifs is 1. The summed E-state index contributed by atoms with van der Waals surface area (Å²) in [6.45, 7) is 6.48.